The summed E-state index contributed by atoms with van der Waals surface area (Å²) in [4.78, 5) is 0. The van der Waals surface area contributed by atoms with Crippen molar-refractivity contribution >= 4 is 0 Å². The Bertz CT molecular complexity index is 716. The molecule has 0 aromatic carbocycles. The number of fused-ring (bicyclic) bond motifs is 7. The predicted octanol–water partition coefficient (Wildman–Crippen LogP) is 11.0. The Hall–Kier alpha value is -0.260. The van der Waals surface area contributed by atoms with E-state index in [0.29, 0.717) is 21.7 Å². The van der Waals surface area contributed by atoms with E-state index >= 15 is 0 Å². The molecule has 0 aliphatic heterocycles. The van der Waals surface area contributed by atoms with Crippen molar-refractivity contribution in [3.05, 3.63) is 12.2 Å². The van der Waals surface area contributed by atoms with E-state index in [-0.39, 0.29) is 0 Å². The minimum atomic E-state index is 0.521. The molecule has 10 atom stereocenters. The lowest BCUT2D eigenvalue weighted by molar-refractivity contribution is -0.204. The summed E-state index contributed by atoms with van der Waals surface area (Å²) in [6.45, 7) is 30.8. The van der Waals surface area contributed by atoms with Crippen LogP contribution in [-0.2, 0) is 0 Å². The van der Waals surface area contributed by atoms with Gasteiger partial charge in [-0.1, -0.05) is 81.4 Å². The molecule has 0 N–H and O–H groups in total. The zero-order valence-electron chi connectivity index (χ0n) is 25.3. The second-order valence-electron chi connectivity index (χ2n) is 14.5. The highest BCUT2D eigenvalue weighted by Gasteiger charge is 2.66. The Labute approximate surface area is 215 Å². The fourth-order valence-electron chi connectivity index (χ4n) is 11.4. The number of allylic oxidation sites excluding steroid dienone is 1. The van der Waals surface area contributed by atoms with Crippen molar-refractivity contribution in [3.63, 3.8) is 0 Å². The molecule has 0 aromatic rings. The van der Waals surface area contributed by atoms with Gasteiger partial charge in [0.05, 0.1) is 0 Å². The highest BCUT2D eigenvalue weighted by molar-refractivity contribution is 5.17. The van der Waals surface area contributed by atoms with E-state index in [9.17, 15) is 0 Å². The van der Waals surface area contributed by atoms with Gasteiger partial charge in [0.25, 0.3) is 0 Å². The van der Waals surface area contributed by atoms with E-state index in [2.05, 4.69) is 55.0 Å². The largest absolute Gasteiger partial charge is 0.0998 e. The van der Waals surface area contributed by atoms with Gasteiger partial charge in [0.1, 0.15) is 0 Å². The number of hydrogen-bond donors (Lipinski definition) is 0. The van der Waals surface area contributed by atoms with E-state index in [1.165, 1.54) is 69.8 Å². The molecule has 5 rings (SSSR count). The van der Waals surface area contributed by atoms with Gasteiger partial charge in [-0.3, -0.25) is 0 Å². The highest BCUT2D eigenvalue weighted by Crippen LogP contribution is 2.74. The summed E-state index contributed by atoms with van der Waals surface area (Å²) in [5, 5.41) is 0. The first-order valence-electron chi connectivity index (χ1n) is 15.6. The van der Waals surface area contributed by atoms with Gasteiger partial charge in [0, 0.05) is 0 Å². The summed E-state index contributed by atoms with van der Waals surface area (Å²) >= 11 is 0. The van der Waals surface area contributed by atoms with Gasteiger partial charge in [0.2, 0.25) is 0 Å². The van der Waals surface area contributed by atoms with Gasteiger partial charge in [-0.25, -0.2) is 0 Å². The van der Waals surface area contributed by atoms with Crippen LogP contribution in [0.5, 0.6) is 0 Å². The van der Waals surface area contributed by atoms with Crippen LogP contribution in [0.2, 0.25) is 0 Å². The molecule has 5 fully saturated rings. The third-order valence-corrected chi connectivity index (χ3v) is 13.2. The third-order valence-electron chi connectivity index (χ3n) is 13.2. The Kier molecular flexibility index (Phi) is 8.24. The van der Waals surface area contributed by atoms with Crippen molar-refractivity contribution in [3.8, 4) is 0 Å². The summed E-state index contributed by atoms with van der Waals surface area (Å²) in [6, 6.07) is 0. The maximum absolute atomic E-state index is 4.48. The normalized spacial score (nSPS) is 50.6. The van der Waals surface area contributed by atoms with Crippen LogP contribution in [-0.4, -0.2) is 0 Å². The van der Waals surface area contributed by atoms with E-state index < -0.39 is 0 Å². The molecule has 0 spiro atoms. The second kappa shape index (κ2) is 9.89. The van der Waals surface area contributed by atoms with Gasteiger partial charge in [-0.15, -0.1) is 0 Å². The molecule has 0 bridgehead atoms. The molecule has 5 saturated carbocycles. The molecule has 0 heterocycles. The first-order chi connectivity index (χ1) is 15.9. The summed E-state index contributed by atoms with van der Waals surface area (Å²) in [7, 11) is 0. The van der Waals surface area contributed by atoms with Crippen molar-refractivity contribution in [1.29, 1.82) is 0 Å². The molecule has 0 amide bonds. The SMILES string of the molecule is C=C(C)C1CCC2(C)CCC3C(CCC4C3(C)CCC3C(C)(C)C(C)CCC34C)C12.CC.CC. The molecule has 0 radical (unpaired) electrons. The van der Waals surface area contributed by atoms with E-state index in [1.54, 1.807) is 0 Å². The lowest BCUT2D eigenvalue weighted by Gasteiger charge is -2.69. The summed E-state index contributed by atoms with van der Waals surface area (Å²) in [6.07, 6.45) is 14.9. The maximum atomic E-state index is 4.48. The highest BCUT2D eigenvalue weighted by atomic mass is 14.7. The molecule has 10 unspecified atom stereocenters. The standard InChI is InChI=1S/C30H50.2C2H6/c1-19(2)21-12-15-28(6)16-13-23-22(26(21)28)9-10-25-29(23,7)18-14-24-27(4,5)20(3)11-17-30(24,25)8;2*1-2/h20-26H,1,9-18H2,2-8H3;2*1-2H3. The Balaban J connectivity index is 0.000000771. The fraction of sp³-hybridized carbons (Fsp3) is 0.941. The van der Waals surface area contributed by atoms with Gasteiger partial charge in [-0.05, 0) is 134 Å². The zero-order chi connectivity index (χ0) is 25.7. The van der Waals surface area contributed by atoms with E-state index in [0.717, 1.165) is 41.4 Å². The molecular formula is C34H62. The Morgan fingerprint density at radius 1 is 0.676 bits per heavy atom. The molecule has 0 aromatic heterocycles. The fourth-order valence-corrected chi connectivity index (χ4v) is 11.4. The van der Waals surface area contributed by atoms with E-state index in [4.69, 9.17) is 0 Å². The van der Waals surface area contributed by atoms with Crippen molar-refractivity contribution < 1.29 is 0 Å². The van der Waals surface area contributed by atoms with Crippen LogP contribution in [0, 0.1) is 63.1 Å². The second-order valence-corrected chi connectivity index (χ2v) is 14.5. The molecule has 34 heavy (non-hydrogen) atoms. The van der Waals surface area contributed by atoms with Crippen LogP contribution < -0.4 is 0 Å². The summed E-state index contributed by atoms with van der Waals surface area (Å²) in [5.74, 6) is 6.49. The average Bonchev–Trinajstić information content (AvgIpc) is 3.17. The van der Waals surface area contributed by atoms with E-state index in [1.807, 2.05) is 27.7 Å². The molecule has 0 nitrogen and oxygen atoms in total. The monoisotopic (exact) mass is 470 g/mol. The van der Waals surface area contributed by atoms with Crippen LogP contribution in [0.3, 0.4) is 0 Å². The Morgan fingerprint density at radius 2 is 1.26 bits per heavy atom. The molecular weight excluding hydrogens is 408 g/mol. The smallest absolute Gasteiger partial charge is 0.0172 e. The molecule has 5 aliphatic carbocycles. The topological polar surface area (TPSA) is 0 Å². The average molecular weight is 471 g/mol. The quantitative estimate of drug-likeness (QED) is 0.334. The molecule has 198 valence electrons. The minimum absolute atomic E-state index is 0.521. The van der Waals surface area contributed by atoms with Crippen LogP contribution in [0.15, 0.2) is 12.2 Å². The summed E-state index contributed by atoms with van der Waals surface area (Å²) in [5.41, 5.74) is 3.80. The third kappa shape index (κ3) is 3.99. The molecule has 0 saturated heterocycles. The van der Waals surface area contributed by atoms with Gasteiger partial charge < -0.3 is 0 Å². The van der Waals surface area contributed by atoms with Crippen molar-refractivity contribution in [2.75, 3.05) is 0 Å². The van der Waals surface area contributed by atoms with Crippen LogP contribution >= 0.6 is 0 Å². The Morgan fingerprint density at radius 3 is 1.88 bits per heavy atom. The van der Waals surface area contributed by atoms with Crippen LogP contribution in [0.1, 0.15) is 140 Å². The van der Waals surface area contributed by atoms with Gasteiger partial charge in [0.15, 0.2) is 0 Å². The molecule has 5 aliphatic rings. The first-order valence-corrected chi connectivity index (χ1v) is 15.6. The van der Waals surface area contributed by atoms with Crippen LogP contribution in [0.4, 0.5) is 0 Å². The van der Waals surface area contributed by atoms with Crippen molar-refractivity contribution in [2.45, 2.75) is 140 Å². The van der Waals surface area contributed by atoms with Crippen molar-refractivity contribution in [1.82, 2.24) is 0 Å². The first kappa shape index (κ1) is 28.3. The van der Waals surface area contributed by atoms with Gasteiger partial charge >= 0.3 is 0 Å². The lowest BCUT2D eigenvalue weighted by Crippen LogP contribution is -2.62. The van der Waals surface area contributed by atoms with Crippen molar-refractivity contribution in [2.24, 2.45) is 63.1 Å². The summed E-state index contributed by atoms with van der Waals surface area (Å²) < 4.78 is 0. The van der Waals surface area contributed by atoms with Gasteiger partial charge in [-0.2, -0.15) is 0 Å². The predicted molar refractivity (Wildman–Crippen MR) is 152 cm³/mol. The minimum Gasteiger partial charge on any atom is -0.0998 e. The molecule has 0 heteroatoms. The lowest BCUT2D eigenvalue weighted by atomic mass is 9.35. The number of rotatable bonds is 1. The zero-order valence-corrected chi connectivity index (χ0v) is 25.3. The van der Waals surface area contributed by atoms with Crippen LogP contribution in [0.25, 0.3) is 0 Å². The maximum Gasteiger partial charge on any atom is -0.0172 e. The number of hydrogen-bond acceptors (Lipinski definition) is 0.